The Balaban J connectivity index is 1.99. The zero-order chi connectivity index (χ0) is 14.4. The molecule has 0 saturated heterocycles. The van der Waals surface area contributed by atoms with E-state index in [2.05, 4.69) is 5.32 Å². The van der Waals surface area contributed by atoms with Gasteiger partial charge in [0.2, 0.25) is 0 Å². The van der Waals surface area contributed by atoms with E-state index < -0.39 is 0 Å². The fourth-order valence-corrected chi connectivity index (χ4v) is 1.88. The third-order valence-corrected chi connectivity index (χ3v) is 2.98. The summed E-state index contributed by atoms with van der Waals surface area (Å²) in [6, 6.07) is 16.3. The van der Waals surface area contributed by atoms with E-state index in [4.69, 9.17) is 10.8 Å². The van der Waals surface area contributed by atoms with Gasteiger partial charge in [0.05, 0.1) is 6.61 Å². The molecular weight excluding hydrogens is 252 g/mol. The summed E-state index contributed by atoms with van der Waals surface area (Å²) >= 11 is 0. The van der Waals surface area contributed by atoms with Crippen LogP contribution in [0, 0.1) is 0 Å². The maximum absolute atomic E-state index is 12.0. The van der Waals surface area contributed by atoms with Crippen molar-refractivity contribution in [1.82, 2.24) is 0 Å². The average Bonchev–Trinajstić information content (AvgIpc) is 2.50. The second kappa shape index (κ2) is 6.84. The van der Waals surface area contributed by atoms with Crippen molar-refractivity contribution in [3.05, 3.63) is 65.7 Å². The molecule has 1 unspecified atom stereocenters. The summed E-state index contributed by atoms with van der Waals surface area (Å²) in [5.41, 5.74) is 8.07. The van der Waals surface area contributed by atoms with Gasteiger partial charge in [0.15, 0.2) is 0 Å². The normalized spacial score (nSPS) is 11.9. The monoisotopic (exact) mass is 270 g/mol. The van der Waals surface area contributed by atoms with Gasteiger partial charge in [0, 0.05) is 17.3 Å². The number of carbonyl (C=O) groups is 1. The van der Waals surface area contributed by atoms with Gasteiger partial charge in [-0.15, -0.1) is 0 Å². The minimum Gasteiger partial charge on any atom is -0.395 e. The highest BCUT2D eigenvalue weighted by molar-refractivity contribution is 6.04. The lowest BCUT2D eigenvalue weighted by Gasteiger charge is -2.09. The van der Waals surface area contributed by atoms with Crippen LogP contribution in [0.4, 0.5) is 5.69 Å². The molecule has 0 radical (unpaired) electrons. The molecule has 0 aliphatic carbocycles. The lowest BCUT2D eigenvalue weighted by atomic mass is 10.1. The molecular formula is C16H18N2O2. The summed E-state index contributed by atoms with van der Waals surface area (Å²) in [5, 5.41) is 11.7. The maximum Gasteiger partial charge on any atom is 0.255 e. The topological polar surface area (TPSA) is 75.3 Å². The molecule has 0 bridgehead atoms. The van der Waals surface area contributed by atoms with Crippen LogP contribution in [-0.2, 0) is 6.42 Å². The Morgan fingerprint density at radius 3 is 2.35 bits per heavy atom. The van der Waals surface area contributed by atoms with Gasteiger partial charge >= 0.3 is 0 Å². The molecule has 0 aromatic heterocycles. The van der Waals surface area contributed by atoms with Gasteiger partial charge in [-0.1, -0.05) is 30.3 Å². The van der Waals surface area contributed by atoms with E-state index in [1.807, 2.05) is 42.5 Å². The van der Waals surface area contributed by atoms with E-state index in [1.165, 1.54) is 0 Å². The third-order valence-electron chi connectivity index (χ3n) is 2.98. The summed E-state index contributed by atoms with van der Waals surface area (Å²) < 4.78 is 0. The molecule has 0 spiro atoms. The highest BCUT2D eigenvalue weighted by Crippen LogP contribution is 2.12. The van der Waals surface area contributed by atoms with Crippen molar-refractivity contribution in [3.8, 4) is 0 Å². The van der Waals surface area contributed by atoms with Crippen LogP contribution in [-0.4, -0.2) is 23.7 Å². The molecule has 104 valence electrons. The molecule has 0 saturated carbocycles. The van der Waals surface area contributed by atoms with Gasteiger partial charge < -0.3 is 16.2 Å². The number of anilines is 1. The molecule has 2 aromatic rings. The summed E-state index contributed by atoms with van der Waals surface area (Å²) in [6.07, 6.45) is 0.614. The number of hydrogen-bond acceptors (Lipinski definition) is 3. The highest BCUT2D eigenvalue weighted by Gasteiger charge is 2.06. The first kappa shape index (κ1) is 14.2. The minimum absolute atomic E-state index is 0.0352. The summed E-state index contributed by atoms with van der Waals surface area (Å²) in [7, 11) is 0. The molecule has 4 N–H and O–H groups in total. The average molecular weight is 270 g/mol. The Morgan fingerprint density at radius 2 is 1.75 bits per heavy atom. The van der Waals surface area contributed by atoms with Crippen molar-refractivity contribution in [3.63, 3.8) is 0 Å². The predicted octanol–water partition coefficient (Wildman–Crippen LogP) is 1.80. The molecule has 0 aliphatic heterocycles. The van der Waals surface area contributed by atoms with Crippen LogP contribution in [0.2, 0.25) is 0 Å². The lowest BCUT2D eigenvalue weighted by molar-refractivity contribution is 0.102. The van der Waals surface area contributed by atoms with Gasteiger partial charge in [-0.05, 0) is 36.2 Å². The molecule has 1 amide bonds. The number of aliphatic hydroxyl groups excluding tert-OH is 1. The highest BCUT2D eigenvalue weighted by atomic mass is 16.3. The summed E-state index contributed by atoms with van der Waals surface area (Å²) in [5.74, 6) is -0.134. The SMILES string of the molecule is NC(CO)Cc1ccc(NC(=O)c2ccccc2)cc1. The van der Waals surface area contributed by atoms with E-state index in [-0.39, 0.29) is 18.6 Å². The molecule has 4 nitrogen and oxygen atoms in total. The summed E-state index contributed by atoms with van der Waals surface area (Å²) in [6.45, 7) is -0.0352. The van der Waals surface area contributed by atoms with Gasteiger partial charge in [-0.25, -0.2) is 0 Å². The zero-order valence-electron chi connectivity index (χ0n) is 11.1. The van der Waals surface area contributed by atoms with Crippen LogP contribution in [0.3, 0.4) is 0 Å². The fourth-order valence-electron chi connectivity index (χ4n) is 1.88. The molecule has 0 aliphatic rings. The Kier molecular flexibility index (Phi) is 4.87. The largest absolute Gasteiger partial charge is 0.395 e. The van der Waals surface area contributed by atoms with E-state index in [1.54, 1.807) is 12.1 Å². The second-order valence-electron chi connectivity index (χ2n) is 4.66. The number of amides is 1. The third kappa shape index (κ3) is 3.91. The second-order valence-corrected chi connectivity index (χ2v) is 4.66. The number of rotatable bonds is 5. The van der Waals surface area contributed by atoms with Crippen LogP contribution in [0.5, 0.6) is 0 Å². The van der Waals surface area contributed by atoms with Crippen molar-refractivity contribution in [1.29, 1.82) is 0 Å². The van der Waals surface area contributed by atoms with E-state index in [0.29, 0.717) is 12.0 Å². The van der Waals surface area contributed by atoms with Gasteiger partial charge in [-0.2, -0.15) is 0 Å². The number of nitrogens with two attached hydrogens (primary N) is 1. The van der Waals surface area contributed by atoms with Gasteiger partial charge in [0.1, 0.15) is 0 Å². The Morgan fingerprint density at radius 1 is 1.10 bits per heavy atom. The molecule has 0 fully saturated rings. The van der Waals surface area contributed by atoms with Crippen molar-refractivity contribution in [2.45, 2.75) is 12.5 Å². The number of nitrogens with one attached hydrogen (secondary N) is 1. The molecule has 4 heteroatoms. The van der Waals surface area contributed by atoms with E-state index in [0.717, 1.165) is 11.3 Å². The molecule has 2 rings (SSSR count). The van der Waals surface area contributed by atoms with Crippen molar-refractivity contribution < 1.29 is 9.90 Å². The van der Waals surface area contributed by atoms with Gasteiger partial charge in [0.25, 0.3) is 5.91 Å². The molecule has 2 aromatic carbocycles. The number of benzene rings is 2. The van der Waals surface area contributed by atoms with E-state index in [9.17, 15) is 4.79 Å². The summed E-state index contributed by atoms with van der Waals surface area (Å²) in [4.78, 5) is 12.0. The molecule has 0 heterocycles. The quantitative estimate of drug-likeness (QED) is 0.775. The van der Waals surface area contributed by atoms with Gasteiger partial charge in [-0.3, -0.25) is 4.79 Å². The Labute approximate surface area is 118 Å². The smallest absolute Gasteiger partial charge is 0.255 e. The van der Waals surface area contributed by atoms with Crippen LogP contribution < -0.4 is 11.1 Å². The standard InChI is InChI=1S/C16H18N2O2/c17-14(11-19)10-12-6-8-15(9-7-12)18-16(20)13-4-2-1-3-5-13/h1-9,14,19H,10-11,17H2,(H,18,20). The first-order valence-corrected chi connectivity index (χ1v) is 6.51. The Hall–Kier alpha value is -2.17. The number of hydrogen-bond donors (Lipinski definition) is 3. The van der Waals surface area contributed by atoms with Crippen LogP contribution in [0.25, 0.3) is 0 Å². The van der Waals surface area contributed by atoms with Crippen LogP contribution >= 0.6 is 0 Å². The van der Waals surface area contributed by atoms with Crippen molar-refractivity contribution in [2.75, 3.05) is 11.9 Å². The molecule has 20 heavy (non-hydrogen) atoms. The minimum atomic E-state index is -0.250. The fraction of sp³-hybridized carbons (Fsp3) is 0.188. The Bertz CT molecular complexity index is 552. The van der Waals surface area contributed by atoms with Crippen LogP contribution in [0.1, 0.15) is 15.9 Å². The first-order valence-electron chi connectivity index (χ1n) is 6.51. The van der Waals surface area contributed by atoms with Crippen molar-refractivity contribution >= 4 is 11.6 Å². The molecule has 1 atom stereocenters. The lowest BCUT2D eigenvalue weighted by Crippen LogP contribution is -2.26. The maximum atomic E-state index is 12.0. The number of aliphatic hydroxyl groups is 1. The van der Waals surface area contributed by atoms with Crippen molar-refractivity contribution in [2.24, 2.45) is 5.73 Å². The van der Waals surface area contributed by atoms with E-state index >= 15 is 0 Å². The van der Waals surface area contributed by atoms with Crippen LogP contribution in [0.15, 0.2) is 54.6 Å². The first-order chi connectivity index (χ1) is 9.69. The predicted molar refractivity (Wildman–Crippen MR) is 79.6 cm³/mol. The number of carbonyl (C=O) groups excluding carboxylic acids is 1. The zero-order valence-corrected chi connectivity index (χ0v) is 11.1.